The van der Waals surface area contributed by atoms with Gasteiger partial charge in [0.15, 0.2) is 81.1 Å². The Morgan fingerprint density at radius 2 is 0.425 bits per heavy atom. The number of hydrogen-bond acceptors (Lipinski definition) is 24. The SMILES string of the molecule is CCCSS[S+](SC1(S[S+](SSCCC)[Si](OCC)(OCC)OCC)CCCCCCCCCCC1(S[S+](SSCCC)[Si](OCC)(OCC)OCC)S[S+](SSCCC)[Si](OCC)(OCC)OCC)[Si](OCC)(OCC)OCC. The third kappa shape index (κ3) is 28.7. The fourth-order valence-electron chi connectivity index (χ4n) is 7.36. The molecule has 1 aliphatic rings. The van der Waals surface area contributed by atoms with Crippen molar-refractivity contribution in [1.82, 2.24) is 0 Å². The number of hydrogen-bond donors (Lipinski definition) is 0. The van der Waals surface area contributed by atoms with Crippen molar-refractivity contribution < 1.29 is 53.1 Å². The van der Waals surface area contributed by atoms with Gasteiger partial charge in [0.05, 0.1) is 0 Å². The van der Waals surface area contributed by atoms with Gasteiger partial charge < -0.3 is 53.1 Å². The molecular formula is C48H108O12S16Si4+4. The topological polar surface area (TPSA) is 111 Å². The molecule has 0 heterocycles. The highest BCUT2D eigenvalue weighted by molar-refractivity contribution is 9.34. The molecule has 32 heteroatoms. The Bertz CT molecular complexity index is 1220. The summed E-state index contributed by atoms with van der Waals surface area (Å²) in [7, 11) is 7.08. The van der Waals surface area contributed by atoms with Gasteiger partial charge in [-0.25, -0.2) is 0 Å². The summed E-state index contributed by atoms with van der Waals surface area (Å²) in [5.41, 5.74) is 0. The van der Waals surface area contributed by atoms with Crippen LogP contribution in [-0.2, 0) is 86.7 Å². The third-order valence-electron chi connectivity index (χ3n) is 10.4. The zero-order valence-electron chi connectivity index (χ0n) is 51.6. The van der Waals surface area contributed by atoms with Crippen molar-refractivity contribution in [2.45, 2.75) is 209 Å². The minimum absolute atomic E-state index is 0.479. The van der Waals surface area contributed by atoms with E-state index in [1.165, 1.54) is 25.7 Å². The molecule has 0 saturated heterocycles. The predicted octanol–water partition coefficient (Wildman–Crippen LogP) is 19.4. The lowest BCUT2D eigenvalue weighted by atomic mass is 9.99. The fourth-order valence-corrected chi connectivity index (χ4v) is 104. The van der Waals surface area contributed by atoms with Crippen LogP contribution in [0.1, 0.15) is 201 Å². The van der Waals surface area contributed by atoms with E-state index in [0.717, 1.165) is 87.2 Å². The molecule has 480 valence electrons. The molecule has 1 aliphatic carbocycles. The second-order valence-electron chi connectivity index (χ2n) is 16.9. The van der Waals surface area contributed by atoms with Crippen LogP contribution in [0.15, 0.2) is 0 Å². The molecular weight excluding hydrogens is 1390 g/mol. The summed E-state index contributed by atoms with van der Waals surface area (Å²) in [5, 5.41) is 0. The molecule has 1 rings (SSSR count). The van der Waals surface area contributed by atoms with E-state index in [9.17, 15) is 0 Å². The van der Waals surface area contributed by atoms with Crippen LogP contribution in [0.4, 0.5) is 0 Å². The largest absolute Gasteiger partial charge is 0.808 e. The van der Waals surface area contributed by atoms with Gasteiger partial charge in [-0.1, -0.05) is 79.1 Å². The standard InChI is InChI=1S/C48H108O12S16Si4/c1-17-43-61-69-73(77(49-21-5,50-22-6)51-23-7)65-47(66-74(70-62-44-18-2)78(52-24-8,53-25-9)54-26-10)41-39-37-35-33-34-36-38-40-42-48(47,67-75(71-63-45-19-3)79(55-27-11,56-28-12)57-29-13)68-76(72-64-46-20-4)80(58-30-14,59-31-15)60-32-16/h17-46H2,1-16H3/q+4. The van der Waals surface area contributed by atoms with Crippen LogP contribution in [0.3, 0.4) is 0 Å². The van der Waals surface area contributed by atoms with Gasteiger partial charge in [0.25, 0.3) is 0 Å². The minimum atomic E-state index is -3.53. The molecule has 12 nitrogen and oxygen atoms in total. The monoisotopic (exact) mass is 1500 g/mol. The highest BCUT2D eigenvalue weighted by atomic mass is 33.8. The maximum Gasteiger partial charge on any atom is 0.808 e. The van der Waals surface area contributed by atoms with Gasteiger partial charge in [0, 0.05) is 102 Å². The second kappa shape index (κ2) is 51.4. The van der Waals surface area contributed by atoms with E-state index in [4.69, 9.17) is 53.1 Å². The van der Waals surface area contributed by atoms with Crippen molar-refractivity contribution in [1.29, 1.82) is 0 Å². The summed E-state index contributed by atoms with van der Waals surface area (Å²) >= 11 is 0. The van der Waals surface area contributed by atoms with Crippen molar-refractivity contribution in [2.75, 3.05) is 102 Å². The normalized spacial score (nSPS) is 20.1. The molecule has 1 fully saturated rings. The first-order valence-corrected chi connectivity index (χ1v) is 60.8. The molecule has 0 N–H and O–H groups in total. The molecule has 0 spiro atoms. The molecule has 0 aromatic carbocycles. The van der Waals surface area contributed by atoms with Gasteiger partial charge in [0.1, 0.15) is 43.2 Å². The molecule has 0 aromatic heterocycles. The first-order valence-electron chi connectivity index (χ1n) is 29.5. The van der Waals surface area contributed by atoms with E-state index in [1.807, 2.05) is 82.5 Å². The van der Waals surface area contributed by atoms with Crippen LogP contribution < -0.4 is 0 Å². The summed E-state index contributed by atoms with van der Waals surface area (Å²) in [6.45, 7) is 40.1. The predicted molar refractivity (Wildman–Crippen MR) is 395 cm³/mol. The Labute approximate surface area is 548 Å². The van der Waals surface area contributed by atoms with Crippen LogP contribution in [0, 0.1) is 0 Å². The average Bonchev–Trinajstić information content (AvgIpc) is 3.42. The molecule has 4 atom stereocenters. The van der Waals surface area contributed by atoms with E-state index in [2.05, 4.69) is 154 Å². The summed E-state index contributed by atoms with van der Waals surface area (Å²) in [6.07, 6.45) is 15.1. The maximum absolute atomic E-state index is 7.19. The Morgan fingerprint density at radius 1 is 0.263 bits per heavy atom. The third-order valence-corrected chi connectivity index (χ3v) is 90.1. The molecule has 0 radical (unpaired) electrons. The summed E-state index contributed by atoms with van der Waals surface area (Å²) < 4.78 is 85.0. The number of rotatable bonds is 52. The Morgan fingerprint density at radius 3 is 0.575 bits per heavy atom. The van der Waals surface area contributed by atoms with E-state index >= 15 is 0 Å². The van der Waals surface area contributed by atoms with Gasteiger partial charge in [-0.3, -0.25) is 0 Å². The lowest BCUT2D eigenvalue weighted by molar-refractivity contribution is 0.0958. The van der Waals surface area contributed by atoms with Crippen molar-refractivity contribution in [3.63, 3.8) is 0 Å². The molecule has 0 aromatic rings. The van der Waals surface area contributed by atoms with Gasteiger partial charge in [-0.15, -0.1) is 0 Å². The zero-order chi connectivity index (χ0) is 59.5. The molecule has 0 amide bonds. The fraction of sp³-hybridized carbons (Fsp3) is 1.00. The first kappa shape index (κ1) is 84.0. The lowest BCUT2D eigenvalue weighted by Crippen LogP contribution is -2.59. The summed E-state index contributed by atoms with van der Waals surface area (Å²) in [6, 6.07) is 0. The van der Waals surface area contributed by atoms with Crippen LogP contribution in [-0.4, -0.2) is 142 Å². The van der Waals surface area contributed by atoms with Gasteiger partial charge in [-0.2, -0.15) is 0 Å². The Balaban J connectivity index is 5.55. The summed E-state index contributed by atoms with van der Waals surface area (Å²) in [5.74, 6) is 3.95. The Hall–Kier alpha value is 5.99. The molecule has 0 bridgehead atoms. The van der Waals surface area contributed by atoms with E-state index in [-0.39, 0.29) is 0 Å². The second-order valence-corrected chi connectivity index (χ2v) is 73.2. The minimum Gasteiger partial charge on any atom is -0.331 e. The Kier molecular flexibility index (Phi) is 54.0. The highest BCUT2D eigenvalue weighted by Crippen LogP contribution is 2.74. The van der Waals surface area contributed by atoms with Crippen molar-refractivity contribution in [3.05, 3.63) is 0 Å². The molecule has 1 saturated carbocycles. The quantitative estimate of drug-likeness (QED) is 0.0189. The van der Waals surface area contributed by atoms with Gasteiger partial charge in [0.2, 0.25) is 0 Å². The molecule has 80 heavy (non-hydrogen) atoms. The average molecular weight is 1500 g/mol. The van der Waals surface area contributed by atoms with Crippen LogP contribution in [0.25, 0.3) is 0 Å². The van der Waals surface area contributed by atoms with Crippen molar-refractivity contribution in [3.8, 4) is 0 Å². The lowest BCUT2D eigenvalue weighted by Gasteiger charge is -2.43. The van der Waals surface area contributed by atoms with E-state index < -0.39 is 73.6 Å². The zero-order valence-corrected chi connectivity index (χ0v) is 68.7. The molecule has 4 unspecified atom stereocenters. The van der Waals surface area contributed by atoms with Crippen LogP contribution in [0.2, 0.25) is 0 Å². The van der Waals surface area contributed by atoms with E-state index in [1.54, 1.807) is 0 Å². The van der Waals surface area contributed by atoms with Crippen LogP contribution >= 0.6 is 126 Å². The van der Waals surface area contributed by atoms with E-state index in [0.29, 0.717) is 79.3 Å². The van der Waals surface area contributed by atoms with Gasteiger partial charge in [-0.05, 0) is 165 Å². The molecule has 0 aliphatic heterocycles. The highest BCUT2D eigenvalue weighted by Gasteiger charge is 2.82. The van der Waals surface area contributed by atoms with Crippen LogP contribution in [0.5, 0.6) is 0 Å². The maximum atomic E-state index is 7.19. The van der Waals surface area contributed by atoms with Crippen molar-refractivity contribution in [2.24, 2.45) is 0 Å². The summed E-state index contributed by atoms with van der Waals surface area (Å²) in [4.78, 5) is 0. The smallest absolute Gasteiger partial charge is 0.331 e. The van der Waals surface area contributed by atoms with Crippen molar-refractivity contribution >= 4 is 191 Å². The first-order chi connectivity index (χ1) is 38.8. The van der Waals surface area contributed by atoms with Gasteiger partial charge >= 0.3 is 31.8 Å².